The summed E-state index contributed by atoms with van der Waals surface area (Å²) >= 11 is 12.3. The number of sulfonamides is 1. The van der Waals surface area contributed by atoms with Crippen LogP contribution in [0.15, 0.2) is 18.2 Å². The minimum Gasteiger partial charge on any atom is -0.444 e. The molecule has 0 radical (unpaired) electrons. The van der Waals surface area contributed by atoms with Crippen LogP contribution in [0.3, 0.4) is 0 Å². The third kappa shape index (κ3) is 7.47. The maximum Gasteiger partial charge on any atom is 0.410 e. The number of hydroxylamine groups is 1. The van der Waals surface area contributed by atoms with Crippen molar-refractivity contribution in [3.63, 3.8) is 0 Å². The lowest BCUT2D eigenvalue weighted by Crippen LogP contribution is -2.48. The third-order valence-corrected chi connectivity index (χ3v) is 9.34. The maximum absolute atomic E-state index is 13.3. The highest BCUT2D eigenvalue weighted by Crippen LogP contribution is 2.36. The third-order valence-electron chi connectivity index (χ3n) is 6.85. The van der Waals surface area contributed by atoms with Gasteiger partial charge in [0.25, 0.3) is 0 Å². The van der Waals surface area contributed by atoms with E-state index in [2.05, 4.69) is 0 Å². The molecule has 2 fully saturated rings. The molecule has 0 aromatic heterocycles. The molecule has 2 N–H and O–H groups in total. The molecule has 2 heterocycles. The summed E-state index contributed by atoms with van der Waals surface area (Å²) in [6.45, 7) is 6.70. The van der Waals surface area contributed by atoms with Crippen molar-refractivity contribution in [2.75, 3.05) is 31.9 Å². The summed E-state index contributed by atoms with van der Waals surface area (Å²) in [7, 11) is -3.76. The van der Waals surface area contributed by atoms with Crippen molar-refractivity contribution >= 4 is 45.2 Å². The normalized spacial score (nSPS) is 19.7. The average Bonchev–Trinajstić information content (AvgIpc) is 2.81. The molecule has 3 rings (SSSR count). The second-order valence-corrected chi connectivity index (χ2v) is 13.4. The smallest absolute Gasteiger partial charge is 0.410 e. The van der Waals surface area contributed by atoms with Crippen molar-refractivity contribution in [2.45, 2.75) is 58.0 Å². The summed E-state index contributed by atoms with van der Waals surface area (Å²) < 4.78 is 33.4. The van der Waals surface area contributed by atoms with Gasteiger partial charge in [-0.1, -0.05) is 29.3 Å². The zero-order valence-electron chi connectivity index (χ0n) is 20.9. The number of ether oxygens (including phenoxy) is 1. The van der Waals surface area contributed by atoms with E-state index in [0.717, 1.165) is 5.56 Å². The number of nitrogens with zero attached hydrogens (tertiary/aromatic N) is 2. The van der Waals surface area contributed by atoms with Gasteiger partial charge in [-0.3, -0.25) is 10.0 Å². The van der Waals surface area contributed by atoms with Crippen LogP contribution in [0.4, 0.5) is 4.79 Å². The molecular formula is C24H35Cl2N3O6S. The highest BCUT2D eigenvalue weighted by molar-refractivity contribution is 7.89. The van der Waals surface area contributed by atoms with E-state index in [9.17, 15) is 23.2 Å². The Kier molecular flexibility index (Phi) is 9.54. The molecule has 2 amide bonds. The fraction of sp³-hybridized carbons (Fsp3) is 0.667. The van der Waals surface area contributed by atoms with Gasteiger partial charge in [0.1, 0.15) is 5.60 Å². The quantitative estimate of drug-likeness (QED) is 0.394. The number of amides is 2. The van der Waals surface area contributed by atoms with Gasteiger partial charge in [-0.15, -0.1) is 0 Å². The van der Waals surface area contributed by atoms with Crippen LogP contribution in [-0.4, -0.2) is 72.4 Å². The number of benzene rings is 1. The molecule has 0 aliphatic carbocycles. The number of halogens is 2. The van der Waals surface area contributed by atoms with E-state index >= 15 is 0 Å². The molecule has 2 aliphatic rings. The van der Waals surface area contributed by atoms with Crippen molar-refractivity contribution in [1.29, 1.82) is 0 Å². The Morgan fingerprint density at radius 3 is 2.25 bits per heavy atom. The van der Waals surface area contributed by atoms with Gasteiger partial charge < -0.3 is 9.64 Å². The first-order chi connectivity index (χ1) is 16.8. The van der Waals surface area contributed by atoms with E-state index in [0.29, 0.717) is 61.9 Å². The van der Waals surface area contributed by atoms with E-state index in [-0.39, 0.29) is 11.8 Å². The highest BCUT2D eigenvalue weighted by atomic mass is 35.5. The minimum absolute atomic E-state index is 0.120. The van der Waals surface area contributed by atoms with Gasteiger partial charge in [-0.05, 0) is 76.0 Å². The molecule has 36 heavy (non-hydrogen) atoms. The molecule has 0 saturated carbocycles. The summed E-state index contributed by atoms with van der Waals surface area (Å²) in [5.74, 6) is -2.23. The van der Waals surface area contributed by atoms with E-state index in [1.165, 1.54) is 4.31 Å². The Morgan fingerprint density at radius 1 is 1.11 bits per heavy atom. The van der Waals surface area contributed by atoms with Gasteiger partial charge in [0.05, 0.1) is 11.7 Å². The molecule has 1 unspecified atom stereocenters. The Bertz CT molecular complexity index is 1050. The number of carbonyl (C=O) groups is 2. The maximum atomic E-state index is 13.3. The zero-order valence-corrected chi connectivity index (χ0v) is 23.2. The molecule has 1 aromatic rings. The predicted octanol–water partition coefficient (Wildman–Crippen LogP) is 4.27. The SMILES string of the molecule is CC(C)(C)OC(=O)N1CCC(C(CS(=O)(=O)N2CCC(c3ccc(Cl)cc3Cl)CC2)C(=O)NO)CC1. The first-order valence-corrected chi connectivity index (χ1v) is 14.5. The number of carbonyl (C=O) groups excluding carboxylic acids is 2. The van der Waals surface area contributed by atoms with Crippen LogP contribution in [-0.2, 0) is 19.6 Å². The molecular weight excluding hydrogens is 529 g/mol. The lowest BCUT2D eigenvalue weighted by atomic mass is 9.85. The first kappa shape index (κ1) is 29.0. The van der Waals surface area contributed by atoms with Gasteiger partial charge in [-0.25, -0.2) is 23.0 Å². The first-order valence-electron chi connectivity index (χ1n) is 12.2. The Hall–Kier alpha value is -1.59. The average molecular weight is 565 g/mol. The Morgan fingerprint density at radius 2 is 1.72 bits per heavy atom. The molecule has 2 aliphatic heterocycles. The number of nitrogens with one attached hydrogen (secondary N) is 1. The lowest BCUT2D eigenvalue weighted by molar-refractivity contribution is -0.134. The molecule has 1 atom stereocenters. The Balaban J connectivity index is 1.61. The van der Waals surface area contributed by atoms with Gasteiger partial charge in [0.2, 0.25) is 15.9 Å². The van der Waals surface area contributed by atoms with Crippen LogP contribution in [0, 0.1) is 11.8 Å². The van der Waals surface area contributed by atoms with Crippen molar-refractivity contribution in [1.82, 2.24) is 14.7 Å². The number of rotatable bonds is 6. The molecule has 202 valence electrons. The second-order valence-electron chi connectivity index (χ2n) is 10.5. The van der Waals surface area contributed by atoms with Crippen LogP contribution in [0.25, 0.3) is 0 Å². The van der Waals surface area contributed by atoms with Crippen LogP contribution in [0.5, 0.6) is 0 Å². The van der Waals surface area contributed by atoms with Gasteiger partial charge in [-0.2, -0.15) is 0 Å². The summed E-state index contributed by atoms with van der Waals surface area (Å²) in [6.07, 6.45) is 1.64. The molecule has 0 bridgehead atoms. The van der Waals surface area contributed by atoms with E-state index in [4.69, 9.17) is 27.9 Å². The Labute approximate surface area is 223 Å². The molecule has 0 spiro atoms. The number of piperidine rings is 2. The molecule has 1 aromatic carbocycles. The largest absolute Gasteiger partial charge is 0.444 e. The standard InChI is InChI=1S/C24H35Cl2N3O6S/c1-24(2,3)35-23(31)28-10-6-17(7-11-28)20(22(30)27-32)15-36(33,34)29-12-8-16(9-13-29)19-5-4-18(25)14-21(19)26/h4-5,14,16-17,20,32H,6-13,15H2,1-3H3,(H,27,30). The summed E-state index contributed by atoms with van der Waals surface area (Å²) in [5.41, 5.74) is 1.97. The van der Waals surface area contributed by atoms with Crippen LogP contribution in [0.1, 0.15) is 57.9 Å². The van der Waals surface area contributed by atoms with E-state index < -0.39 is 39.3 Å². The number of hydrogen-bond acceptors (Lipinski definition) is 6. The summed E-state index contributed by atoms with van der Waals surface area (Å²) in [4.78, 5) is 26.4. The highest BCUT2D eigenvalue weighted by Gasteiger charge is 2.39. The minimum atomic E-state index is -3.76. The van der Waals surface area contributed by atoms with Gasteiger partial charge >= 0.3 is 6.09 Å². The van der Waals surface area contributed by atoms with Gasteiger partial charge in [0.15, 0.2) is 0 Å². The summed E-state index contributed by atoms with van der Waals surface area (Å²) in [5, 5.41) is 10.4. The fourth-order valence-electron chi connectivity index (χ4n) is 4.93. The lowest BCUT2D eigenvalue weighted by Gasteiger charge is -2.37. The van der Waals surface area contributed by atoms with E-state index in [1.54, 1.807) is 43.3 Å². The van der Waals surface area contributed by atoms with E-state index in [1.807, 2.05) is 6.07 Å². The van der Waals surface area contributed by atoms with Crippen LogP contribution < -0.4 is 5.48 Å². The van der Waals surface area contributed by atoms with Crippen molar-refractivity contribution < 1.29 is 28.0 Å². The topological polar surface area (TPSA) is 116 Å². The fourth-order valence-corrected chi connectivity index (χ4v) is 7.35. The van der Waals surface area contributed by atoms with Crippen molar-refractivity contribution in [3.8, 4) is 0 Å². The predicted molar refractivity (Wildman–Crippen MR) is 138 cm³/mol. The van der Waals surface area contributed by atoms with Crippen LogP contribution >= 0.6 is 23.2 Å². The van der Waals surface area contributed by atoms with Crippen molar-refractivity contribution in [3.05, 3.63) is 33.8 Å². The molecule has 9 nitrogen and oxygen atoms in total. The van der Waals surface area contributed by atoms with Crippen LogP contribution in [0.2, 0.25) is 10.0 Å². The monoisotopic (exact) mass is 563 g/mol. The van der Waals surface area contributed by atoms with Crippen molar-refractivity contribution in [2.24, 2.45) is 11.8 Å². The zero-order chi connectivity index (χ0) is 26.7. The molecule has 12 heteroatoms. The molecule has 2 saturated heterocycles. The summed E-state index contributed by atoms with van der Waals surface area (Å²) in [6, 6.07) is 5.34. The second kappa shape index (κ2) is 11.9. The van der Waals surface area contributed by atoms with Gasteiger partial charge in [0, 0.05) is 36.2 Å². The number of likely N-dealkylation sites (tertiary alicyclic amines) is 1. The number of hydrogen-bond donors (Lipinski definition) is 2.